The standard InChI is InChI=1S/C15H15ClN2O3S/c1-10-4-5-12(16)13(7-10)21-9-14(19)18-15(20)17-8-11-3-2-6-22-11/h2-7H,8-9H2,1H3,(H2,17,18,19,20). The third-order valence-electron chi connectivity index (χ3n) is 2.70. The lowest BCUT2D eigenvalue weighted by Crippen LogP contribution is -2.41. The van der Waals surface area contributed by atoms with Gasteiger partial charge in [0.15, 0.2) is 6.61 Å². The van der Waals surface area contributed by atoms with E-state index in [9.17, 15) is 9.59 Å². The predicted octanol–water partition coefficient (Wildman–Crippen LogP) is 3.11. The number of rotatable bonds is 5. The second kappa shape index (κ2) is 7.82. The van der Waals surface area contributed by atoms with Gasteiger partial charge >= 0.3 is 6.03 Å². The number of aryl methyl sites for hydroxylation is 1. The van der Waals surface area contributed by atoms with Crippen molar-refractivity contribution in [2.45, 2.75) is 13.5 Å². The Morgan fingerprint density at radius 1 is 1.32 bits per heavy atom. The third-order valence-corrected chi connectivity index (χ3v) is 3.89. The summed E-state index contributed by atoms with van der Waals surface area (Å²) in [6, 6.07) is 8.49. The number of benzene rings is 1. The minimum absolute atomic E-state index is 0.282. The second-order valence-electron chi connectivity index (χ2n) is 4.53. The van der Waals surface area contributed by atoms with Crippen molar-refractivity contribution in [3.63, 3.8) is 0 Å². The number of halogens is 1. The largest absolute Gasteiger partial charge is 0.482 e. The van der Waals surface area contributed by atoms with Crippen molar-refractivity contribution in [3.8, 4) is 5.75 Å². The first-order valence-electron chi connectivity index (χ1n) is 6.53. The summed E-state index contributed by atoms with van der Waals surface area (Å²) in [6.07, 6.45) is 0. The SMILES string of the molecule is Cc1ccc(Cl)c(OCC(=O)NC(=O)NCc2cccs2)c1. The monoisotopic (exact) mass is 338 g/mol. The minimum atomic E-state index is -0.558. The Hall–Kier alpha value is -2.05. The smallest absolute Gasteiger partial charge is 0.321 e. The van der Waals surface area contributed by atoms with Crippen LogP contribution in [0.4, 0.5) is 4.79 Å². The average Bonchev–Trinajstić information content (AvgIpc) is 2.99. The van der Waals surface area contributed by atoms with Gasteiger partial charge in [0.05, 0.1) is 11.6 Å². The molecule has 1 aromatic heterocycles. The van der Waals surface area contributed by atoms with Crippen LogP contribution < -0.4 is 15.4 Å². The number of nitrogens with one attached hydrogen (secondary N) is 2. The number of imide groups is 1. The Bertz CT molecular complexity index is 659. The van der Waals surface area contributed by atoms with Crippen LogP contribution >= 0.6 is 22.9 Å². The molecule has 3 amide bonds. The minimum Gasteiger partial charge on any atom is -0.482 e. The second-order valence-corrected chi connectivity index (χ2v) is 5.97. The fourth-order valence-corrected chi connectivity index (χ4v) is 2.47. The number of hydrogen-bond donors (Lipinski definition) is 2. The van der Waals surface area contributed by atoms with Crippen molar-refractivity contribution in [2.75, 3.05) is 6.61 Å². The molecule has 22 heavy (non-hydrogen) atoms. The lowest BCUT2D eigenvalue weighted by Gasteiger charge is -2.09. The summed E-state index contributed by atoms with van der Waals surface area (Å²) in [5, 5.41) is 7.12. The zero-order valence-corrected chi connectivity index (χ0v) is 13.5. The van der Waals surface area contributed by atoms with E-state index in [1.165, 1.54) is 11.3 Å². The van der Waals surface area contributed by atoms with Crippen LogP contribution in [0.15, 0.2) is 35.7 Å². The van der Waals surface area contributed by atoms with Gasteiger partial charge in [-0.3, -0.25) is 10.1 Å². The van der Waals surface area contributed by atoms with Gasteiger partial charge in [-0.05, 0) is 36.1 Å². The van der Waals surface area contributed by atoms with Crippen LogP contribution in [-0.4, -0.2) is 18.5 Å². The number of carbonyl (C=O) groups excluding carboxylic acids is 2. The molecule has 0 radical (unpaired) electrons. The van der Waals surface area contributed by atoms with E-state index in [1.54, 1.807) is 12.1 Å². The van der Waals surface area contributed by atoms with E-state index in [-0.39, 0.29) is 6.61 Å². The first kappa shape index (κ1) is 16.3. The number of hydrogen-bond acceptors (Lipinski definition) is 4. The maximum absolute atomic E-state index is 11.6. The van der Waals surface area contributed by atoms with Crippen LogP contribution in [0, 0.1) is 6.92 Å². The highest BCUT2D eigenvalue weighted by molar-refractivity contribution is 7.09. The summed E-state index contributed by atoms with van der Waals surface area (Å²) in [5.74, 6) is -0.128. The van der Waals surface area contributed by atoms with Gasteiger partial charge in [-0.25, -0.2) is 4.79 Å². The molecule has 0 saturated heterocycles. The number of urea groups is 1. The zero-order valence-electron chi connectivity index (χ0n) is 11.9. The summed E-state index contributed by atoms with van der Waals surface area (Å²) >= 11 is 7.48. The van der Waals surface area contributed by atoms with Crippen LogP contribution in [0.5, 0.6) is 5.75 Å². The Morgan fingerprint density at radius 3 is 2.86 bits per heavy atom. The number of carbonyl (C=O) groups is 2. The summed E-state index contributed by atoms with van der Waals surface area (Å²) < 4.78 is 5.31. The maximum atomic E-state index is 11.6. The van der Waals surface area contributed by atoms with E-state index in [1.807, 2.05) is 30.5 Å². The predicted molar refractivity (Wildman–Crippen MR) is 86.4 cm³/mol. The van der Waals surface area contributed by atoms with Crippen molar-refractivity contribution in [1.29, 1.82) is 0 Å². The molecule has 7 heteroatoms. The van der Waals surface area contributed by atoms with E-state index in [0.29, 0.717) is 17.3 Å². The molecule has 0 unspecified atom stereocenters. The average molecular weight is 339 g/mol. The number of thiophene rings is 1. The normalized spacial score (nSPS) is 10.1. The van der Waals surface area contributed by atoms with Gasteiger partial charge in [-0.2, -0.15) is 0 Å². The van der Waals surface area contributed by atoms with Crippen LogP contribution in [0.2, 0.25) is 5.02 Å². The molecule has 0 aliphatic carbocycles. The van der Waals surface area contributed by atoms with Gasteiger partial charge in [0, 0.05) is 4.88 Å². The molecular formula is C15H15ClN2O3S. The molecule has 2 rings (SSSR count). The molecule has 0 spiro atoms. The van der Waals surface area contributed by atoms with E-state index in [2.05, 4.69) is 10.6 Å². The topological polar surface area (TPSA) is 67.4 Å². The third kappa shape index (κ3) is 5.05. The first-order chi connectivity index (χ1) is 10.5. The Labute approximate surface area is 137 Å². The van der Waals surface area contributed by atoms with E-state index >= 15 is 0 Å². The van der Waals surface area contributed by atoms with Crippen LogP contribution in [0.3, 0.4) is 0 Å². The summed E-state index contributed by atoms with van der Waals surface area (Å²) in [4.78, 5) is 24.2. The van der Waals surface area contributed by atoms with Crippen molar-refractivity contribution in [3.05, 3.63) is 51.2 Å². The Balaban J connectivity index is 1.75. The van der Waals surface area contributed by atoms with Crippen LogP contribution in [0.1, 0.15) is 10.4 Å². The number of ether oxygens (including phenoxy) is 1. The van der Waals surface area contributed by atoms with Gasteiger partial charge in [-0.1, -0.05) is 23.7 Å². The molecule has 2 aromatic rings. The highest BCUT2D eigenvalue weighted by atomic mass is 35.5. The fourth-order valence-electron chi connectivity index (χ4n) is 1.65. The highest BCUT2D eigenvalue weighted by Gasteiger charge is 2.10. The molecule has 0 aliphatic heterocycles. The maximum Gasteiger partial charge on any atom is 0.321 e. The van der Waals surface area contributed by atoms with Crippen molar-refractivity contribution in [2.24, 2.45) is 0 Å². The fraction of sp³-hybridized carbons (Fsp3) is 0.200. The molecular weight excluding hydrogens is 324 g/mol. The summed E-state index contributed by atoms with van der Waals surface area (Å²) in [6.45, 7) is 1.98. The zero-order chi connectivity index (χ0) is 15.9. The van der Waals surface area contributed by atoms with E-state index in [0.717, 1.165) is 10.4 Å². The molecule has 116 valence electrons. The summed E-state index contributed by atoms with van der Waals surface area (Å²) in [5.41, 5.74) is 0.966. The lowest BCUT2D eigenvalue weighted by atomic mass is 10.2. The van der Waals surface area contributed by atoms with Gasteiger partial charge < -0.3 is 10.1 Å². The Kier molecular flexibility index (Phi) is 5.80. The van der Waals surface area contributed by atoms with E-state index in [4.69, 9.17) is 16.3 Å². The number of amides is 3. The van der Waals surface area contributed by atoms with E-state index < -0.39 is 11.9 Å². The van der Waals surface area contributed by atoms with Crippen LogP contribution in [-0.2, 0) is 11.3 Å². The molecule has 0 atom stereocenters. The molecule has 1 aromatic carbocycles. The van der Waals surface area contributed by atoms with Gasteiger partial charge in [0.2, 0.25) is 0 Å². The first-order valence-corrected chi connectivity index (χ1v) is 7.79. The Morgan fingerprint density at radius 2 is 2.14 bits per heavy atom. The van der Waals surface area contributed by atoms with Crippen molar-refractivity contribution in [1.82, 2.24) is 10.6 Å². The molecule has 0 fully saturated rings. The van der Waals surface area contributed by atoms with Gasteiger partial charge in [0.1, 0.15) is 5.75 Å². The van der Waals surface area contributed by atoms with Crippen molar-refractivity contribution >= 4 is 34.9 Å². The van der Waals surface area contributed by atoms with Crippen molar-refractivity contribution < 1.29 is 14.3 Å². The quantitative estimate of drug-likeness (QED) is 0.880. The molecule has 2 N–H and O–H groups in total. The molecule has 0 bridgehead atoms. The molecule has 0 aliphatic rings. The lowest BCUT2D eigenvalue weighted by molar-refractivity contribution is -0.122. The van der Waals surface area contributed by atoms with Gasteiger partial charge in [0.25, 0.3) is 5.91 Å². The molecule has 0 saturated carbocycles. The highest BCUT2D eigenvalue weighted by Crippen LogP contribution is 2.24. The van der Waals surface area contributed by atoms with Gasteiger partial charge in [-0.15, -0.1) is 11.3 Å². The van der Waals surface area contributed by atoms with Crippen LogP contribution in [0.25, 0.3) is 0 Å². The molecule has 1 heterocycles. The molecule has 5 nitrogen and oxygen atoms in total. The summed E-state index contributed by atoms with van der Waals surface area (Å²) in [7, 11) is 0.